The van der Waals surface area contributed by atoms with Crippen LogP contribution in [0, 0.1) is 25.5 Å². The third-order valence-corrected chi connectivity index (χ3v) is 7.01. The SMILES string of the molecule is Cc1cc(C(F)(F)F)cc(N2CCC[C@H]2C(=O)N(CCCN2CCCC2)c2ccc(F)c(C)c2F)n1. The van der Waals surface area contributed by atoms with Gasteiger partial charge in [-0.15, -0.1) is 0 Å². The minimum atomic E-state index is -4.54. The zero-order valence-electron chi connectivity index (χ0n) is 20.5. The lowest BCUT2D eigenvalue weighted by Gasteiger charge is -2.32. The zero-order chi connectivity index (χ0) is 26.0. The molecular weight excluding hydrogens is 479 g/mol. The van der Waals surface area contributed by atoms with E-state index in [1.807, 2.05) is 0 Å². The normalized spacial score (nSPS) is 18.8. The molecule has 0 radical (unpaired) electrons. The minimum absolute atomic E-state index is 0.0136. The van der Waals surface area contributed by atoms with Crippen molar-refractivity contribution in [2.45, 2.75) is 58.2 Å². The number of aryl methyl sites for hydroxylation is 1. The van der Waals surface area contributed by atoms with Crippen molar-refractivity contribution in [2.24, 2.45) is 0 Å². The second kappa shape index (κ2) is 10.7. The Labute approximate surface area is 207 Å². The van der Waals surface area contributed by atoms with Gasteiger partial charge in [-0.2, -0.15) is 13.2 Å². The van der Waals surface area contributed by atoms with Gasteiger partial charge < -0.3 is 14.7 Å². The Morgan fingerprint density at radius 2 is 1.81 bits per heavy atom. The lowest BCUT2D eigenvalue weighted by molar-refractivity contribution is -0.137. The molecule has 196 valence electrons. The summed E-state index contributed by atoms with van der Waals surface area (Å²) in [6.07, 6.45) is -0.725. The van der Waals surface area contributed by atoms with Crippen LogP contribution in [0.25, 0.3) is 0 Å². The van der Waals surface area contributed by atoms with Crippen LogP contribution in [0.5, 0.6) is 0 Å². The number of carbonyl (C=O) groups excluding carboxylic acids is 1. The highest BCUT2D eigenvalue weighted by Gasteiger charge is 2.38. The molecule has 2 aromatic rings. The third-order valence-electron chi connectivity index (χ3n) is 7.01. The van der Waals surface area contributed by atoms with Gasteiger partial charge in [0, 0.05) is 24.3 Å². The molecule has 4 rings (SSSR count). The summed E-state index contributed by atoms with van der Waals surface area (Å²) in [5.41, 5.74) is -0.824. The predicted molar refractivity (Wildman–Crippen MR) is 128 cm³/mol. The summed E-state index contributed by atoms with van der Waals surface area (Å²) in [5, 5.41) is 0. The molecule has 1 aromatic heterocycles. The van der Waals surface area contributed by atoms with Crippen molar-refractivity contribution in [1.29, 1.82) is 0 Å². The fourth-order valence-corrected chi connectivity index (χ4v) is 5.10. The Bertz CT molecular complexity index is 1100. The molecule has 1 aromatic carbocycles. The van der Waals surface area contributed by atoms with E-state index in [-0.39, 0.29) is 29.3 Å². The van der Waals surface area contributed by atoms with E-state index in [0.29, 0.717) is 25.8 Å². The van der Waals surface area contributed by atoms with Crippen molar-refractivity contribution >= 4 is 17.4 Å². The molecule has 2 aliphatic rings. The highest BCUT2D eigenvalue weighted by molar-refractivity contribution is 5.99. The first kappa shape index (κ1) is 26.3. The quantitative estimate of drug-likeness (QED) is 0.463. The summed E-state index contributed by atoms with van der Waals surface area (Å²) in [6, 6.07) is 3.53. The lowest BCUT2D eigenvalue weighted by Crippen LogP contribution is -2.47. The molecule has 36 heavy (non-hydrogen) atoms. The van der Waals surface area contributed by atoms with Gasteiger partial charge in [0.1, 0.15) is 17.7 Å². The van der Waals surface area contributed by atoms with Crippen molar-refractivity contribution in [1.82, 2.24) is 9.88 Å². The average Bonchev–Trinajstić information content (AvgIpc) is 3.52. The van der Waals surface area contributed by atoms with E-state index < -0.39 is 35.3 Å². The predicted octanol–water partition coefficient (Wildman–Crippen LogP) is 5.48. The van der Waals surface area contributed by atoms with Crippen LogP contribution in [0.4, 0.5) is 33.5 Å². The summed E-state index contributed by atoms with van der Waals surface area (Å²) >= 11 is 0. The molecule has 5 nitrogen and oxygen atoms in total. The van der Waals surface area contributed by atoms with Gasteiger partial charge in [-0.1, -0.05) is 0 Å². The maximum atomic E-state index is 15.1. The molecule has 0 bridgehead atoms. The van der Waals surface area contributed by atoms with Crippen molar-refractivity contribution in [3.8, 4) is 0 Å². The summed E-state index contributed by atoms with van der Waals surface area (Å²) < 4.78 is 69.4. The van der Waals surface area contributed by atoms with Crippen molar-refractivity contribution in [2.75, 3.05) is 42.5 Å². The van der Waals surface area contributed by atoms with E-state index in [4.69, 9.17) is 0 Å². The molecule has 2 aliphatic heterocycles. The largest absolute Gasteiger partial charge is 0.416 e. The number of hydrogen-bond acceptors (Lipinski definition) is 4. The molecule has 1 amide bonds. The number of pyridine rings is 1. The number of aromatic nitrogens is 1. The van der Waals surface area contributed by atoms with Gasteiger partial charge in [0.15, 0.2) is 5.82 Å². The van der Waals surface area contributed by atoms with Gasteiger partial charge in [-0.3, -0.25) is 4.79 Å². The summed E-state index contributed by atoms with van der Waals surface area (Å²) in [7, 11) is 0. The molecule has 2 fully saturated rings. The van der Waals surface area contributed by atoms with Gasteiger partial charge in [0.2, 0.25) is 5.91 Å². The van der Waals surface area contributed by atoms with Crippen LogP contribution in [-0.4, -0.2) is 54.6 Å². The summed E-state index contributed by atoms with van der Waals surface area (Å²) in [4.78, 5) is 23.3. The monoisotopic (exact) mass is 510 g/mol. The Morgan fingerprint density at radius 1 is 1.08 bits per heavy atom. The Kier molecular flexibility index (Phi) is 7.82. The van der Waals surface area contributed by atoms with Gasteiger partial charge in [0.05, 0.1) is 11.3 Å². The van der Waals surface area contributed by atoms with Crippen molar-refractivity contribution in [3.05, 3.63) is 52.7 Å². The number of anilines is 2. The zero-order valence-corrected chi connectivity index (χ0v) is 20.5. The van der Waals surface area contributed by atoms with Crippen LogP contribution in [0.15, 0.2) is 24.3 Å². The van der Waals surface area contributed by atoms with E-state index in [0.717, 1.165) is 50.7 Å². The molecular formula is C26H31F5N4O. The molecule has 0 aliphatic carbocycles. The van der Waals surface area contributed by atoms with Gasteiger partial charge in [-0.25, -0.2) is 13.8 Å². The van der Waals surface area contributed by atoms with Crippen LogP contribution in [0.2, 0.25) is 0 Å². The Balaban J connectivity index is 1.63. The number of rotatable bonds is 7. The van der Waals surface area contributed by atoms with Gasteiger partial charge in [0.25, 0.3) is 0 Å². The molecule has 3 heterocycles. The standard InChI is InChI=1S/C26H31F5N4O/c1-17-15-19(26(29,30)31)16-23(32-17)34-13-5-7-22(34)25(36)35(14-6-12-33-10-3-4-11-33)21-9-8-20(27)18(2)24(21)28/h8-9,15-16,22H,3-7,10-14H2,1-2H3/t22-/m0/s1. The van der Waals surface area contributed by atoms with E-state index in [2.05, 4.69) is 9.88 Å². The second-order valence-corrected chi connectivity index (χ2v) is 9.60. The number of nitrogens with zero attached hydrogens (tertiary/aromatic N) is 4. The van der Waals surface area contributed by atoms with Gasteiger partial charge in [-0.05, 0) is 89.9 Å². The fraction of sp³-hybridized carbons (Fsp3) is 0.538. The number of amides is 1. The topological polar surface area (TPSA) is 39.7 Å². The Morgan fingerprint density at radius 3 is 2.50 bits per heavy atom. The van der Waals surface area contributed by atoms with E-state index in [9.17, 15) is 22.4 Å². The lowest BCUT2D eigenvalue weighted by atomic mass is 10.1. The maximum absolute atomic E-state index is 15.1. The maximum Gasteiger partial charge on any atom is 0.416 e. The number of hydrogen-bond donors (Lipinski definition) is 0. The average molecular weight is 511 g/mol. The number of alkyl halides is 3. The highest BCUT2D eigenvalue weighted by Crippen LogP contribution is 2.35. The first-order valence-corrected chi connectivity index (χ1v) is 12.4. The molecule has 0 spiro atoms. The molecule has 0 unspecified atom stereocenters. The van der Waals surface area contributed by atoms with E-state index in [1.165, 1.54) is 24.8 Å². The smallest absolute Gasteiger partial charge is 0.345 e. The molecule has 1 atom stereocenters. The summed E-state index contributed by atoms with van der Waals surface area (Å²) in [6.45, 7) is 6.08. The van der Waals surface area contributed by atoms with E-state index in [1.54, 1.807) is 4.90 Å². The van der Waals surface area contributed by atoms with Crippen LogP contribution in [-0.2, 0) is 11.0 Å². The minimum Gasteiger partial charge on any atom is -0.345 e. The summed E-state index contributed by atoms with van der Waals surface area (Å²) in [5.74, 6) is -1.85. The van der Waals surface area contributed by atoms with Crippen molar-refractivity contribution < 1.29 is 26.7 Å². The third kappa shape index (κ3) is 5.63. The fourth-order valence-electron chi connectivity index (χ4n) is 5.10. The number of carbonyl (C=O) groups is 1. The first-order chi connectivity index (χ1) is 17.1. The second-order valence-electron chi connectivity index (χ2n) is 9.60. The number of halogens is 5. The van der Waals surface area contributed by atoms with Gasteiger partial charge >= 0.3 is 6.18 Å². The highest BCUT2D eigenvalue weighted by atomic mass is 19.4. The van der Waals surface area contributed by atoms with Crippen LogP contribution < -0.4 is 9.80 Å². The molecule has 10 heteroatoms. The number of likely N-dealkylation sites (tertiary alicyclic amines) is 1. The van der Waals surface area contributed by atoms with Crippen LogP contribution >= 0.6 is 0 Å². The van der Waals surface area contributed by atoms with E-state index >= 15 is 4.39 Å². The van der Waals surface area contributed by atoms with Crippen molar-refractivity contribution in [3.63, 3.8) is 0 Å². The molecule has 0 N–H and O–H groups in total. The molecule has 2 saturated heterocycles. The van der Waals surface area contributed by atoms with Crippen LogP contribution in [0.3, 0.4) is 0 Å². The van der Waals surface area contributed by atoms with Crippen LogP contribution in [0.1, 0.15) is 48.9 Å². The number of benzene rings is 1. The Hall–Kier alpha value is -2.75. The molecule has 0 saturated carbocycles. The first-order valence-electron chi connectivity index (χ1n) is 12.4.